The van der Waals surface area contributed by atoms with Crippen LogP contribution in [0, 0.1) is 12.7 Å². The molecule has 6 heteroatoms. The molecule has 4 rings (SSSR count). The lowest BCUT2D eigenvalue weighted by Crippen LogP contribution is -2.35. The van der Waals surface area contributed by atoms with E-state index in [4.69, 9.17) is 0 Å². The van der Waals surface area contributed by atoms with Crippen molar-refractivity contribution in [3.8, 4) is 11.4 Å². The van der Waals surface area contributed by atoms with Crippen molar-refractivity contribution in [1.29, 1.82) is 0 Å². The van der Waals surface area contributed by atoms with E-state index in [1.807, 2.05) is 18.2 Å². The molecule has 2 aromatic heterocycles. The van der Waals surface area contributed by atoms with Gasteiger partial charge in [-0.25, -0.2) is 9.37 Å². The fourth-order valence-corrected chi connectivity index (χ4v) is 3.26. The van der Waals surface area contributed by atoms with Gasteiger partial charge in [-0.3, -0.25) is 14.7 Å². The molecule has 1 aliphatic heterocycles. The molecule has 0 amide bonds. The Kier molecular flexibility index (Phi) is 4.34. The van der Waals surface area contributed by atoms with Gasteiger partial charge in [-0.1, -0.05) is 12.1 Å². The van der Waals surface area contributed by atoms with E-state index in [-0.39, 0.29) is 11.4 Å². The lowest BCUT2D eigenvalue weighted by Gasteiger charge is -2.27. The molecule has 0 bridgehead atoms. The van der Waals surface area contributed by atoms with Gasteiger partial charge in [0, 0.05) is 44.0 Å². The SMILES string of the molecule is Cc1ccc(CN2CCc3nc(-c4ccncc4)[nH]c(=O)c3C2)cc1F. The van der Waals surface area contributed by atoms with Crippen LogP contribution in [0.5, 0.6) is 0 Å². The molecule has 3 heterocycles. The van der Waals surface area contributed by atoms with Gasteiger partial charge < -0.3 is 4.98 Å². The standard InChI is InChI=1S/C20H19FN4O/c1-13-2-3-14(10-17(13)21)11-25-9-6-18-16(12-25)20(26)24-19(23-18)15-4-7-22-8-5-15/h2-5,7-8,10H,6,9,11-12H2,1H3,(H,23,24,26). The first-order valence-corrected chi connectivity index (χ1v) is 8.60. The molecule has 132 valence electrons. The Bertz CT molecular complexity index is 1000. The average molecular weight is 350 g/mol. The highest BCUT2D eigenvalue weighted by Crippen LogP contribution is 2.20. The van der Waals surface area contributed by atoms with Crippen molar-refractivity contribution in [3.05, 3.63) is 81.3 Å². The molecule has 0 aliphatic carbocycles. The Balaban J connectivity index is 1.57. The number of aryl methyl sites for hydroxylation is 1. The predicted octanol–water partition coefficient (Wildman–Crippen LogP) is 2.84. The summed E-state index contributed by atoms with van der Waals surface area (Å²) in [6.45, 7) is 3.67. The Morgan fingerprint density at radius 3 is 2.81 bits per heavy atom. The fraction of sp³-hybridized carbons (Fsp3) is 0.250. The molecule has 5 nitrogen and oxygen atoms in total. The zero-order valence-corrected chi connectivity index (χ0v) is 14.5. The second-order valence-electron chi connectivity index (χ2n) is 6.62. The molecular weight excluding hydrogens is 331 g/mol. The molecule has 26 heavy (non-hydrogen) atoms. The average Bonchev–Trinajstić information content (AvgIpc) is 2.66. The predicted molar refractivity (Wildman–Crippen MR) is 97.0 cm³/mol. The molecular formula is C20H19FN4O. The van der Waals surface area contributed by atoms with Crippen LogP contribution in [0.1, 0.15) is 22.4 Å². The van der Waals surface area contributed by atoms with Gasteiger partial charge >= 0.3 is 0 Å². The van der Waals surface area contributed by atoms with E-state index < -0.39 is 0 Å². The number of aromatic nitrogens is 3. The number of benzene rings is 1. The number of fused-ring (bicyclic) bond motifs is 1. The van der Waals surface area contributed by atoms with Crippen LogP contribution in [0.3, 0.4) is 0 Å². The highest BCUT2D eigenvalue weighted by molar-refractivity contribution is 5.54. The van der Waals surface area contributed by atoms with Crippen molar-refractivity contribution in [2.75, 3.05) is 6.54 Å². The maximum atomic E-state index is 13.8. The summed E-state index contributed by atoms with van der Waals surface area (Å²) >= 11 is 0. The zero-order chi connectivity index (χ0) is 18.1. The van der Waals surface area contributed by atoms with Crippen LogP contribution in [-0.4, -0.2) is 26.4 Å². The largest absolute Gasteiger partial charge is 0.306 e. The van der Waals surface area contributed by atoms with E-state index in [0.717, 1.165) is 23.4 Å². The maximum Gasteiger partial charge on any atom is 0.255 e. The number of aromatic amines is 1. The number of nitrogens with one attached hydrogen (secondary N) is 1. The Morgan fingerprint density at radius 1 is 1.23 bits per heavy atom. The van der Waals surface area contributed by atoms with Gasteiger partial charge in [0.25, 0.3) is 5.56 Å². The molecule has 0 atom stereocenters. The second-order valence-corrected chi connectivity index (χ2v) is 6.62. The summed E-state index contributed by atoms with van der Waals surface area (Å²) in [6, 6.07) is 8.94. The van der Waals surface area contributed by atoms with Crippen molar-refractivity contribution in [1.82, 2.24) is 19.9 Å². The minimum absolute atomic E-state index is 0.110. The van der Waals surface area contributed by atoms with Gasteiger partial charge in [-0.15, -0.1) is 0 Å². The van der Waals surface area contributed by atoms with Crippen LogP contribution in [0.2, 0.25) is 0 Å². The molecule has 1 aromatic carbocycles. The molecule has 0 unspecified atom stereocenters. The number of hydrogen-bond donors (Lipinski definition) is 1. The molecule has 1 aliphatic rings. The van der Waals surface area contributed by atoms with E-state index in [1.54, 1.807) is 31.5 Å². The first kappa shape index (κ1) is 16.6. The zero-order valence-electron chi connectivity index (χ0n) is 14.5. The van der Waals surface area contributed by atoms with Crippen molar-refractivity contribution < 1.29 is 4.39 Å². The quantitative estimate of drug-likeness (QED) is 0.789. The number of halogens is 1. The Morgan fingerprint density at radius 2 is 2.04 bits per heavy atom. The van der Waals surface area contributed by atoms with Crippen molar-refractivity contribution in [3.63, 3.8) is 0 Å². The molecule has 1 N–H and O–H groups in total. The van der Waals surface area contributed by atoms with Gasteiger partial charge in [0.05, 0.1) is 11.3 Å². The van der Waals surface area contributed by atoms with Crippen LogP contribution in [0.4, 0.5) is 4.39 Å². The highest BCUT2D eigenvalue weighted by Gasteiger charge is 2.21. The third kappa shape index (κ3) is 3.28. The number of pyridine rings is 1. The summed E-state index contributed by atoms with van der Waals surface area (Å²) < 4.78 is 13.8. The number of hydrogen-bond acceptors (Lipinski definition) is 4. The van der Waals surface area contributed by atoms with E-state index in [9.17, 15) is 9.18 Å². The lowest BCUT2D eigenvalue weighted by atomic mass is 10.0. The van der Waals surface area contributed by atoms with E-state index in [2.05, 4.69) is 19.9 Å². The maximum absolute atomic E-state index is 13.8. The fourth-order valence-electron chi connectivity index (χ4n) is 3.26. The normalized spacial score (nSPS) is 14.2. The summed E-state index contributed by atoms with van der Waals surface area (Å²) in [6.07, 6.45) is 4.06. The van der Waals surface area contributed by atoms with Gasteiger partial charge in [-0.2, -0.15) is 0 Å². The van der Waals surface area contributed by atoms with Gasteiger partial charge in [0.15, 0.2) is 0 Å². The van der Waals surface area contributed by atoms with Crippen LogP contribution in [0.15, 0.2) is 47.5 Å². The number of H-pyrrole nitrogens is 1. The summed E-state index contributed by atoms with van der Waals surface area (Å²) in [4.78, 5) is 26.2. The topological polar surface area (TPSA) is 61.9 Å². The summed E-state index contributed by atoms with van der Waals surface area (Å²) in [7, 11) is 0. The summed E-state index contributed by atoms with van der Waals surface area (Å²) in [5.41, 5.74) is 3.82. The van der Waals surface area contributed by atoms with Crippen molar-refractivity contribution >= 4 is 0 Å². The molecule has 3 aromatic rings. The van der Waals surface area contributed by atoms with E-state index >= 15 is 0 Å². The summed E-state index contributed by atoms with van der Waals surface area (Å²) in [5.74, 6) is 0.381. The lowest BCUT2D eigenvalue weighted by molar-refractivity contribution is 0.241. The summed E-state index contributed by atoms with van der Waals surface area (Å²) in [5, 5.41) is 0. The smallest absolute Gasteiger partial charge is 0.255 e. The van der Waals surface area contributed by atoms with Gasteiger partial charge in [0.1, 0.15) is 11.6 Å². The van der Waals surface area contributed by atoms with E-state index in [1.165, 1.54) is 0 Å². The molecule has 0 saturated heterocycles. The Labute approximate surface area is 150 Å². The minimum Gasteiger partial charge on any atom is -0.306 e. The molecule has 0 fully saturated rings. The van der Waals surface area contributed by atoms with Crippen molar-refractivity contribution in [2.24, 2.45) is 0 Å². The number of nitrogens with zero attached hydrogens (tertiary/aromatic N) is 3. The van der Waals surface area contributed by atoms with E-state index in [0.29, 0.717) is 36.5 Å². The van der Waals surface area contributed by atoms with Crippen LogP contribution >= 0.6 is 0 Å². The molecule has 0 saturated carbocycles. The first-order valence-electron chi connectivity index (χ1n) is 8.60. The minimum atomic E-state index is -0.193. The third-order valence-corrected chi connectivity index (χ3v) is 4.74. The van der Waals surface area contributed by atoms with Gasteiger partial charge in [-0.05, 0) is 36.2 Å². The highest BCUT2D eigenvalue weighted by atomic mass is 19.1. The van der Waals surface area contributed by atoms with Crippen LogP contribution in [-0.2, 0) is 19.5 Å². The second kappa shape index (κ2) is 6.80. The Hall–Kier alpha value is -2.86. The molecule has 0 radical (unpaired) electrons. The van der Waals surface area contributed by atoms with Crippen LogP contribution < -0.4 is 5.56 Å². The van der Waals surface area contributed by atoms with Crippen molar-refractivity contribution in [2.45, 2.75) is 26.4 Å². The van der Waals surface area contributed by atoms with Crippen LogP contribution in [0.25, 0.3) is 11.4 Å². The first-order chi connectivity index (χ1) is 12.6. The third-order valence-electron chi connectivity index (χ3n) is 4.74. The molecule has 0 spiro atoms. The monoisotopic (exact) mass is 350 g/mol. The number of rotatable bonds is 3. The van der Waals surface area contributed by atoms with Gasteiger partial charge in [0.2, 0.25) is 0 Å².